The quantitative estimate of drug-likeness (QED) is 0.424. The number of nitrogens with one attached hydrogen (secondary N) is 1. The van der Waals surface area contributed by atoms with Crippen LogP contribution in [0.4, 0.5) is 9.39 Å². The molecule has 1 aliphatic carbocycles. The Morgan fingerprint density at radius 1 is 1.09 bits per heavy atom. The van der Waals surface area contributed by atoms with Gasteiger partial charge >= 0.3 is 11.9 Å². The van der Waals surface area contributed by atoms with Crippen molar-refractivity contribution in [2.75, 3.05) is 11.9 Å². The summed E-state index contributed by atoms with van der Waals surface area (Å²) in [5.41, 5.74) is 1.41. The summed E-state index contributed by atoms with van der Waals surface area (Å²) in [5, 5.41) is 3.17. The molecule has 1 aromatic heterocycles. The Morgan fingerprint density at radius 3 is 2.51 bits per heavy atom. The lowest BCUT2D eigenvalue weighted by atomic mass is 9.88. The van der Waals surface area contributed by atoms with Crippen LogP contribution in [0, 0.1) is 11.7 Å². The molecule has 3 aromatic rings. The third-order valence-electron chi connectivity index (χ3n) is 5.89. The molecule has 0 saturated carbocycles. The normalized spacial score (nSPS) is 15.6. The average Bonchev–Trinajstić information content (AvgIpc) is 3.20. The van der Waals surface area contributed by atoms with Gasteiger partial charge in [0.1, 0.15) is 10.8 Å². The summed E-state index contributed by atoms with van der Waals surface area (Å²) in [6, 6.07) is 13.9. The van der Waals surface area contributed by atoms with Crippen molar-refractivity contribution in [2.24, 2.45) is 5.92 Å². The molecule has 2 aromatic carbocycles. The van der Waals surface area contributed by atoms with Gasteiger partial charge < -0.3 is 14.8 Å². The minimum absolute atomic E-state index is 0.208. The maximum atomic E-state index is 14.2. The van der Waals surface area contributed by atoms with E-state index in [1.54, 1.807) is 37.3 Å². The fourth-order valence-electron chi connectivity index (χ4n) is 4.13. The molecule has 0 radical (unpaired) electrons. The minimum Gasteiger partial charge on any atom is -0.462 e. The molecule has 8 heteroatoms. The summed E-state index contributed by atoms with van der Waals surface area (Å²) in [4.78, 5) is 40.0. The SMILES string of the molecule is CCOC(=O)c1c(NC(=O)[C@H](OC(=O)c2ccccc2F)c2ccccc2)sc2c1CC[C@@H](C)C2. The summed E-state index contributed by atoms with van der Waals surface area (Å²) >= 11 is 1.35. The summed E-state index contributed by atoms with van der Waals surface area (Å²) in [6.07, 6.45) is 1.13. The highest BCUT2D eigenvalue weighted by Gasteiger charge is 2.32. The van der Waals surface area contributed by atoms with Gasteiger partial charge in [0, 0.05) is 10.4 Å². The van der Waals surface area contributed by atoms with Crippen LogP contribution in [-0.2, 0) is 27.1 Å². The third-order valence-corrected chi connectivity index (χ3v) is 7.06. The molecule has 1 heterocycles. The number of ether oxygens (including phenoxy) is 2. The van der Waals surface area contributed by atoms with Crippen LogP contribution >= 0.6 is 11.3 Å². The standard InChI is InChI=1S/C27H26FNO5S/c1-3-33-27(32)22-19-14-13-16(2)15-21(19)35-25(22)29-24(30)23(17-9-5-4-6-10-17)34-26(31)18-11-7-8-12-20(18)28/h4-12,16,23H,3,13-15H2,1-2H3,(H,29,30)/t16-,23-/m1/s1. The highest BCUT2D eigenvalue weighted by Crippen LogP contribution is 2.40. The van der Waals surface area contributed by atoms with Crippen molar-refractivity contribution in [3.05, 3.63) is 87.5 Å². The van der Waals surface area contributed by atoms with E-state index >= 15 is 0 Å². The molecular weight excluding hydrogens is 469 g/mol. The molecule has 0 aliphatic heterocycles. The van der Waals surface area contributed by atoms with Crippen molar-refractivity contribution < 1.29 is 28.2 Å². The van der Waals surface area contributed by atoms with Crippen LogP contribution in [0.3, 0.4) is 0 Å². The van der Waals surface area contributed by atoms with Crippen molar-refractivity contribution in [1.29, 1.82) is 0 Å². The highest BCUT2D eigenvalue weighted by atomic mass is 32.1. The number of thiophene rings is 1. The predicted molar refractivity (Wildman–Crippen MR) is 131 cm³/mol. The van der Waals surface area contributed by atoms with E-state index in [2.05, 4.69) is 12.2 Å². The number of hydrogen-bond acceptors (Lipinski definition) is 6. The number of hydrogen-bond donors (Lipinski definition) is 1. The molecular formula is C27H26FNO5S. The molecule has 182 valence electrons. The average molecular weight is 496 g/mol. The number of carbonyl (C=O) groups is 3. The first-order valence-corrected chi connectivity index (χ1v) is 12.3. The Labute approximate surface area is 207 Å². The first-order chi connectivity index (χ1) is 16.9. The fourth-order valence-corrected chi connectivity index (χ4v) is 5.54. The topological polar surface area (TPSA) is 81.7 Å². The lowest BCUT2D eigenvalue weighted by molar-refractivity contribution is -0.125. The number of amides is 1. The monoisotopic (exact) mass is 495 g/mol. The zero-order chi connectivity index (χ0) is 24.9. The maximum absolute atomic E-state index is 14.2. The maximum Gasteiger partial charge on any atom is 0.342 e. The summed E-state index contributed by atoms with van der Waals surface area (Å²) in [6.45, 7) is 4.09. The Hall–Kier alpha value is -3.52. The molecule has 0 spiro atoms. The fraction of sp³-hybridized carbons (Fsp3) is 0.296. The molecule has 35 heavy (non-hydrogen) atoms. The van der Waals surface area contributed by atoms with Crippen LogP contribution in [0.5, 0.6) is 0 Å². The van der Waals surface area contributed by atoms with Gasteiger partial charge in [0.25, 0.3) is 5.91 Å². The summed E-state index contributed by atoms with van der Waals surface area (Å²) in [5.74, 6) is -2.36. The molecule has 1 N–H and O–H groups in total. The Bertz CT molecular complexity index is 1240. The van der Waals surface area contributed by atoms with Gasteiger partial charge in [-0.05, 0) is 49.8 Å². The summed E-state index contributed by atoms with van der Waals surface area (Å²) < 4.78 is 24.9. The first-order valence-electron chi connectivity index (χ1n) is 11.5. The van der Waals surface area contributed by atoms with Gasteiger partial charge in [-0.25, -0.2) is 14.0 Å². The minimum atomic E-state index is -1.35. The van der Waals surface area contributed by atoms with E-state index in [1.165, 1.54) is 29.5 Å². The van der Waals surface area contributed by atoms with E-state index in [4.69, 9.17) is 9.47 Å². The molecule has 1 aliphatic rings. The Morgan fingerprint density at radius 2 is 1.80 bits per heavy atom. The van der Waals surface area contributed by atoms with Crippen molar-refractivity contribution in [2.45, 2.75) is 39.2 Å². The molecule has 2 atom stereocenters. The van der Waals surface area contributed by atoms with Gasteiger partial charge in [-0.2, -0.15) is 0 Å². The van der Waals surface area contributed by atoms with E-state index in [1.807, 2.05) is 0 Å². The van der Waals surface area contributed by atoms with E-state index in [-0.39, 0.29) is 12.2 Å². The predicted octanol–water partition coefficient (Wildman–Crippen LogP) is 5.73. The van der Waals surface area contributed by atoms with Gasteiger partial charge in [-0.15, -0.1) is 11.3 Å². The largest absolute Gasteiger partial charge is 0.462 e. The number of halogens is 1. The third kappa shape index (κ3) is 5.43. The number of benzene rings is 2. The van der Waals surface area contributed by atoms with E-state index in [9.17, 15) is 18.8 Å². The van der Waals surface area contributed by atoms with Gasteiger partial charge in [0.15, 0.2) is 0 Å². The molecule has 0 fully saturated rings. The Balaban J connectivity index is 1.66. The van der Waals surface area contributed by atoms with Crippen molar-refractivity contribution in [1.82, 2.24) is 0 Å². The lowest BCUT2D eigenvalue weighted by Crippen LogP contribution is -2.26. The molecule has 0 bridgehead atoms. The number of rotatable bonds is 7. The van der Waals surface area contributed by atoms with Gasteiger partial charge in [-0.1, -0.05) is 49.4 Å². The second-order valence-electron chi connectivity index (χ2n) is 8.44. The number of carbonyl (C=O) groups excluding carboxylic acids is 3. The Kier molecular flexibility index (Phi) is 7.60. The second kappa shape index (κ2) is 10.8. The highest BCUT2D eigenvalue weighted by molar-refractivity contribution is 7.17. The van der Waals surface area contributed by atoms with Gasteiger partial charge in [0.2, 0.25) is 6.10 Å². The zero-order valence-corrected chi connectivity index (χ0v) is 20.3. The van der Waals surface area contributed by atoms with Crippen LogP contribution in [0.15, 0.2) is 54.6 Å². The van der Waals surface area contributed by atoms with E-state index < -0.39 is 29.8 Å². The number of fused-ring (bicyclic) bond motifs is 1. The van der Waals surface area contributed by atoms with Gasteiger partial charge in [-0.3, -0.25) is 4.79 Å². The van der Waals surface area contributed by atoms with Gasteiger partial charge in [0.05, 0.1) is 17.7 Å². The van der Waals surface area contributed by atoms with Crippen LogP contribution in [0.1, 0.15) is 63.1 Å². The van der Waals surface area contributed by atoms with Crippen molar-refractivity contribution in [3.8, 4) is 0 Å². The number of anilines is 1. The van der Waals surface area contributed by atoms with Crippen molar-refractivity contribution >= 4 is 34.2 Å². The van der Waals surface area contributed by atoms with Crippen LogP contribution in [-0.4, -0.2) is 24.5 Å². The number of esters is 2. The van der Waals surface area contributed by atoms with Crippen LogP contribution in [0.2, 0.25) is 0 Å². The van der Waals surface area contributed by atoms with Crippen LogP contribution in [0.25, 0.3) is 0 Å². The molecule has 1 amide bonds. The second-order valence-corrected chi connectivity index (χ2v) is 9.55. The van der Waals surface area contributed by atoms with Crippen molar-refractivity contribution in [3.63, 3.8) is 0 Å². The van der Waals surface area contributed by atoms with E-state index in [0.717, 1.165) is 35.8 Å². The summed E-state index contributed by atoms with van der Waals surface area (Å²) in [7, 11) is 0. The molecule has 4 rings (SSSR count). The smallest absolute Gasteiger partial charge is 0.342 e. The lowest BCUT2D eigenvalue weighted by Gasteiger charge is -2.19. The van der Waals surface area contributed by atoms with E-state index in [0.29, 0.717) is 22.0 Å². The first kappa shape index (κ1) is 24.6. The zero-order valence-electron chi connectivity index (χ0n) is 19.5. The molecule has 0 saturated heterocycles. The molecule has 6 nitrogen and oxygen atoms in total. The molecule has 0 unspecified atom stereocenters. The van der Waals surface area contributed by atoms with Crippen LogP contribution < -0.4 is 5.32 Å².